The van der Waals surface area contributed by atoms with Gasteiger partial charge in [0.05, 0.1) is 0 Å². The van der Waals surface area contributed by atoms with Crippen molar-refractivity contribution in [3.63, 3.8) is 0 Å². The third-order valence-corrected chi connectivity index (χ3v) is 4.79. The quantitative estimate of drug-likeness (QED) is 0.601. The lowest BCUT2D eigenvalue weighted by molar-refractivity contribution is -0.122. The maximum atomic E-state index is 12.8. The Bertz CT molecular complexity index is 562. The molecule has 1 atom stereocenters. The van der Waals surface area contributed by atoms with E-state index in [-0.39, 0.29) is 36.1 Å². The van der Waals surface area contributed by atoms with E-state index < -0.39 is 0 Å². The number of nitrogens with two attached hydrogens (primary N) is 1. The first kappa shape index (κ1) is 22.4. The van der Waals surface area contributed by atoms with Gasteiger partial charge in [-0.1, -0.05) is 19.3 Å². The van der Waals surface area contributed by atoms with E-state index in [4.69, 9.17) is 5.73 Å². The van der Waals surface area contributed by atoms with Crippen LogP contribution in [0, 0.1) is 11.7 Å². The van der Waals surface area contributed by atoms with Crippen molar-refractivity contribution in [1.82, 2.24) is 10.6 Å². The van der Waals surface area contributed by atoms with E-state index >= 15 is 0 Å². The van der Waals surface area contributed by atoms with Crippen molar-refractivity contribution in [2.24, 2.45) is 11.7 Å². The van der Waals surface area contributed by atoms with Crippen LogP contribution in [0.25, 0.3) is 0 Å². The molecule has 5 nitrogen and oxygen atoms in total. The molecule has 2 rings (SSSR count). The summed E-state index contributed by atoms with van der Waals surface area (Å²) >= 11 is 0. The van der Waals surface area contributed by atoms with Crippen molar-refractivity contribution in [2.45, 2.75) is 51.0 Å². The van der Waals surface area contributed by atoms with Gasteiger partial charge in [-0.05, 0) is 49.4 Å². The summed E-state index contributed by atoms with van der Waals surface area (Å²) in [4.78, 5) is 24.0. The van der Waals surface area contributed by atoms with Crippen molar-refractivity contribution in [3.05, 3.63) is 35.6 Å². The number of rotatable bonds is 8. The van der Waals surface area contributed by atoms with E-state index in [9.17, 15) is 14.0 Å². The molecule has 2 amide bonds. The molecule has 0 saturated heterocycles. The highest BCUT2D eigenvalue weighted by Gasteiger charge is 2.23. The number of hydrogen-bond acceptors (Lipinski definition) is 3. The maximum absolute atomic E-state index is 12.8. The fourth-order valence-electron chi connectivity index (χ4n) is 3.34. The molecule has 0 aromatic heterocycles. The van der Waals surface area contributed by atoms with Crippen molar-refractivity contribution < 1.29 is 14.0 Å². The van der Waals surface area contributed by atoms with E-state index in [0.717, 1.165) is 12.8 Å². The molecule has 1 aliphatic carbocycles. The summed E-state index contributed by atoms with van der Waals surface area (Å²) in [5.41, 5.74) is 6.23. The van der Waals surface area contributed by atoms with E-state index in [2.05, 4.69) is 10.6 Å². The smallest absolute Gasteiger partial charge is 0.251 e. The van der Waals surface area contributed by atoms with Gasteiger partial charge in [-0.2, -0.15) is 0 Å². The Morgan fingerprint density at radius 3 is 2.42 bits per heavy atom. The molecule has 0 heterocycles. The molecule has 0 bridgehead atoms. The van der Waals surface area contributed by atoms with Crippen molar-refractivity contribution in [3.8, 4) is 0 Å². The predicted octanol–water partition coefficient (Wildman–Crippen LogP) is 2.78. The van der Waals surface area contributed by atoms with Crippen molar-refractivity contribution in [2.75, 3.05) is 13.1 Å². The molecule has 0 radical (unpaired) electrons. The van der Waals surface area contributed by atoms with Crippen LogP contribution in [0.1, 0.15) is 55.3 Å². The molecule has 26 heavy (non-hydrogen) atoms. The van der Waals surface area contributed by atoms with Crippen molar-refractivity contribution >= 4 is 24.2 Å². The van der Waals surface area contributed by atoms with Crippen LogP contribution in [0.15, 0.2) is 24.3 Å². The molecule has 146 valence electrons. The van der Waals surface area contributed by atoms with Crippen LogP contribution < -0.4 is 16.4 Å². The molecule has 7 heteroatoms. The molecule has 1 fully saturated rings. The molecule has 1 aromatic rings. The lowest BCUT2D eigenvalue weighted by Crippen LogP contribution is -2.46. The van der Waals surface area contributed by atoms with Gasteiger partial charge in [-0.3, -0.25) is 9.59 Å². The van der Waals surface area contributed by atoms with E-state index in [1.165, 1.54) is 43.5 Å². The van der Waals surface area contributed by atoms with Crippen molar-refractivity contribution in [1.29, 1.82) is 0 Å². The maximum Gasteiger partial charge on any atom is 0.251 e. The standard InChI is InChI=1S/C19H28FN3O2.ClH/c20-16-10-8-15(9-11-16)19(25)22-12-4-7-18(24)23-17(13-21)14-5-2-1-3-6-14;/h8-11,14,17H,1-7,12-13,21H2,(H,22,25)(H,23,24);1H. The summed E-state index contributed by atoms with van der Waals surface area (Å²) in [5, 5.41) is 5.78. The average molecular weight is 386 g/mol. The minimum absolute atomic E-state index is 0. The normalized spacial score (nSPS) is 15.6. The zero-order valence-electron chi connectivity index (χ0n) is 15.0. The van der Waals surface area contributed by atoms with Gasteiger partial charge in [0.2, 0.25) is 5.91 Å². The number of benzene rings is 1. The summed E-state index contributed by atoms with van der Waals surface area (Å²) in [6.45, 7) is 0.873. The summed E-state index contributed by atoms with van der Waals surface area (Å²) in [6.07, 6.45) is 6.88. The molecule has 1 unspecified atom stereocenters. The van der Waals surface area contributed by atoms with Gasteiger partial charge in [-0.15, -0.1) is 12.4 Å². The lowest BCUT2D eigenvalue weighted by Gasteiger charge is -2.30. The number of amides is 2. The van der Waals surface area contributed by atoms with Gasteiger partial charge < -0.3 is 16.4 Å². The third-order valence-electron chi connectivity index (χ3n) is 4.79. The molecule has 1 aliphatic rings. The Kier molecular flexibility index (Phi) is 10.2. The van der Waals surface area contributed by atoms with Crippen LogP contribution in [0.2, 0.25) is 0 Å². The highest BCUT2D eigenvalue weighted by Crippen LogP contribution is 2.26. The zero-order chi connectivity index (χ0) is 18.1. The van der Waals surface area contributed by atoms with Gasteiger partial charge in [0.25, 0.3) is 5.91 Å². The first-order valence-corrected chi connectivity index (χ1v) is 9.13. The minimum Gasteiger partial charge on any atom is -0.352 e. The summed E-state index contributed by atoms with van der Waals surface area (Å²) in [7, 11) is 0. The third kappa shape index (κ3) is 7.30. The predicted molar refractivity (Wildman–Crippen MR) is 103 cm³/mol. The van der Waals surface area contributed by atoms with Gasteiger partial charge in [0.15, 0.2) is 0 Å². The molecule has 4 N–H and O–H groups in total. The summed E-state index contributed by atoms with van der Waals surface area (Å²) in [5.74, 6) is -0.166. The Balaban J connectivity index is 0.00000338. The van der Waals surface area contributed by atoms with E-state index in [1.807, 2.05) is 0 Å². The largest absolute Gasteiger partial charge is 0.352 e. The van der Waals surface area contributed by atoms with Crippen LogP contribution in [0.5, 0.6) is 0 Å². The van der Waals surface area contributed by atoms with Crippen LogP contribution in [0.4, 0.5) is 4.39 Å². The van der Waals surface area contributed by atoms with Gasteiger partial charge in [-0.25, -0.2) is 4.39 Å². The Hall–Kier alpha value is -1.66. The average Bonchev–Trinajstić information content (AvgIpc) is 2.64. The van der Waals surface area contributed by atoms with Crippen LogP contribution in [-0.2, 0) is 4.79 Å². The molecule has 0 spiro atoms. The molecule has 1 saturated carbocycles. The summed E-state index contributed by atoms with van der Waals surface area (Å²) in [6, 6.07) is 5.43. The first-order chi connectivity index (χ1) is 12.1. The Morgan fingerprint density at radius 2 is 1.81 bits per heavy atom. The molecule has 1 aromatic carbocycles. The zero-order valence-corrected chi connectivity index (χ0v) is 15.8. The fraction of sp³-hybridized carbons (Fsp3) is 0.579. The highest BCUT2D eigenvalue weighted by molar-refractivity contribution is 5.94. The highest BCUT2D eigenvalue weighted by atomic mass is 35.5. The van der Waals surface area contributed by atoms with Crippen LogP contribution in [0.3, 0.4) is 0 Å². The Morgan fingerprint density at radius 1 is 1.15 bits per heavy atom. The Labute approximate surface area is 160 Å². The van der Waals surface area contributed by atoms with E-state index in [0.29, 0.717) is 37.4 Å². The topological polar surface area (TPSA) is 84.2 Å². The second kappa shape index (κ2) is 11.9. The van der Waals surface area contributed by atoms with Gasteiger partial charge in [0, 0.05) is 31.1 Å². The number of halogens is 2. The monoisotopic (exact) mass is 385 g/mol. The van der Waals surface area contributed by atoms with Crippen LogP contribution >= 0.6 is 12.4 Å². The minimum atomic E-state index is -0.374. The second-order valence-electron chi connectivity index (χ2n) is 6.67. The lowest BCUT2D eigenvalue weighted by atomic mass is 9.84. The molecular weight excluding hydrogens is 357 g/mol. The van der Waals surface area contributed by atoms with Gasteiger partial charge >= 0.3 is 0 Å². The SMILES string of the molecule is Cl.NCC(NC(=O)CCCNC(=O)c1ccc(F)cc1)C1CCCCC1. The summed E-state index contributed by atoms with van der Waals surface area (Å²) < 4.78 is 12.8. The second-order valence-corrected chi connectivity index (χ2v) is 6.67. The van der Waals surface area contributed by atoms with E-state index in [1.54, 1.807) is 0 Å². The molecular formula is C19H29ClFN3O2. The number of carbonyl (C=O) groups excluding carboxylic acids is 2. The van der Waals surface area contributed by atoms with Gasteiger partial charge in [0.1, 0.15) is 5.82 Å². The number of carbonyl (C=O) groups is 2. The number of hydrogen-bond donors (Lipinski definition) is 3. The fourth-order valence-corrected chi connectivity index (χ4v) is 3.34. The molecule has 0 aliphatic heterocycles. The first-order valence-electron chi connectivity index (χ1n) is 9.13. The van der Waals surface area contributed by atoms with Crippen LogP contribution in [-0.4, -0.2) is 30.9 Å². The number of nitrogens with one attached hydrogen (secondary N) is 2.